The molecule has 1 aromatic rings. The van der Waals surface area contributed by atoms with Crippen molar-refractivity contribution in [1.29, 1.82) is 0 Å². The number of pyridine rings is 1. The predicted molar refractivity (Wildman–Crippen MR) is 61.0 cm³/mol. The Balaban J connectivity index is 2.01. The van der Waals surface area contributed by atoms with Crippen LogP contribution in [0.2, 0.25) is 0 Å². The lowest BCUT2D eigenvalue weighted by atomic mass is 9.94. The second-order valence-corrected chi connectivity index (χ2v) is 4.21. The van der Waals surface area contributed by atoms with E-state index in [4.69, 9.17) is 4.74 Å². The minimum atomic E-state index is -0.462. The summed E-state index contributed by atoms with van der Waals surface area (Å²) in [4.78, 5) is 15.6. The molecule has 1 fully saturated rings. The molecule has 1 aliphatic rings. The minimum Gasteiger partial charge on any atom is -0.378 e. The summed E-state index contributed by atoms with van der Waals surface area (Å²) in [6.07, 6.45) is 4.11. The van der Waals surface area contributed by atoms with E-state index in [0.717, 1.165) is 19.0 Å². The van der Waals surface area contributed by atoms with Crippen LogP contribution in [-0.4, -0.2) is 23.6 Å². The first-order valence-electron chi connectivity index (χ1n) is 5.70. The number of hydrogen-bond donors (Lipinski definition) is 1. The number of carbonyl (C=O) groups excluding carboxylic acids is 1. The molecule has 0 aromatic carbocycles. The summed E-state index contributed by atoms with van der Waals surface area (Å²) in [5.41, 5.74) is 0.382. The van der Waals surface area contributed by atoms with E-state index in [1.165, 1.54) is 12.3 Å². The maximum Gasteiger partial charge on any atom is 0.230 e. The van der Waals surface area contributed by atoms with E-state index in [2.05, 4.69) is 10.3 Å². The zero-order valence-corrected chi connectivity index (χ0v) is 9.65. The van der Waals surface area contributed by atoms with Crippen LogP contribution in [0.1, 0.15) is 19.8 Å². The lowest BCUT2D eigenvalue weighted by molar-refractivity contribution is -0.127. The van der Waals surface area contributed by atoms with Crippen molar-refractivity contribution in [3.05, 3.63) is 24.3 Å². The summed E-state index contributed by atoms with van der Waals surface area (Å²) in [5, 5.41) is 2.66. The topological polar surface area (TPSA) is 51.2 Å². The molecule has 0 saturated carbocycles. The molecule has 0 bridgehead atoms. The summed E-state index contributed by atoms with van der Waals surface area (Å²) in [7, 11) is 0. The Bertz CT molecular complexity index is 411. The molecule has 92 valence electrons. The molecule has 2 atom stereocenters. The molecule has 2 rings (SSSR count). The van der Waals surface area contributed by atoms with Crippen LogP contribution in [-0.2, 0) is 9.53 Å². The van der Waals surface area contributed by atoms with Gasteiger partial charge in [-0.05, 0) is 19.8 Å². The number of nitrogens with zero attached hydrogens (tertiary/aromatic N) is 1. The summed E-state index contributed by atoms with van der Waals surface area (Å²) in [6, 6.07) is 1.25. The van der Waals surface area contributed by atoms with Gasteiger partial charge in [-0.15, -0.1) is 0 Å². The summed E-state index contributed by atoms with van der Waals surface area (Å²) >= 11 is 0. The zero-order chi connectivity index (χ0) is 12.3. The van der Waals surface area contributed by atoms with Gasteiger partial charge in [0.25, 0.3) is 0 Å². The Morgan fingerprint density at radius 1 is 1.59 bits per heavy atom. The lowest BCUT2D eigenvalue weighted by Crippen LogP contribution is -2.36. The Hall–Kier alpha value is -1.49. The van der Waals surface area contributed by atoms with Crippen molar-refractivity contribution in [3.63, 3.8) is 0 Å². The van der Waals surface area contributed by atoms with Crippen LogP contribution < -0.4 is 5.32 Å². The van der Waals surface area contributed by atoms with Gasteiger partial charge in [0, 0.05) is 12.7 Å². The predicted octanol–water partition coefficient (Wildman–Crippen LogP) is 1.97. The molecule has 2 heterocycles. The largest absolute Gasteiger partial charge is 0.378 e. The van der Waals surface area contributed by atoms with Crippen molar-refractivity contribution in [2.45, 2.75) is 25.9 Å². The van der Waals surface area contributed by atoms with E-state index < -0.39 is 5.82 Å². The van der Waals surface area contributed by atoms with Crippen LogP contribution in [0, 0.1) is 11.7 Å². The van der Waals surface area contributed by atoms with E-state index in [1.807, 2.05) is 6.92 Å². The number of amides is 1. The molecule has 1 aliphatic heterocycles. The summed E-state index contributed by atoms with van der Waals surface area (Å²) < 4.78 is 18.3. The van der Waals surface area contributed by atoms with Crippen molar-refractivity contribution in [3.8, 4) is 0 Å². The number of halogens is 1. The summed E-state index contributed by atoms with van der Waals surface area (Å²) in [5.74, 6) is -0.771. The Kier molecular flexibility index (Phi) is 3.68. The molecule has 1 aromatic heterocycles. The van der Waals surface area contributed by atoms with E-state index in [-0.39, 0.29) is 17.9 Å². The first-order chi connectivity index (χ1) is 8.16. The molecule has 1 amide bonds. The molecule has 17 heavy (non-hydrogen) atoms. The average Bonchev–Trinajstić information content (AvgIpc) is 2.29. The third kappa shape index (κ3) is 3.00. The zero-order valence-electron chi connectivity index (χ0n) is 9.65. The van der Waals surface area contributed by atoms with Crippen LogP contribution in [0.5, 0.6) is 0 Å². The monoisotopic (exact) mass is 238 g/mol. The molecule has 0 unspecified atom stereocenters. The number of carbonyl (C=O) groups is 1. The second-order valence-electron chi connectivity index (χ2n) is 4.21. The highest BCUT2D eigenvalue weighted by Gasteiger charge is 2.28. The third-order valence-electron chi connectivity index (χ3n) is 2.92. The average molecular weight is 238 g/mol. The van der Waals surface area contributed by atoms with E-state index in [1.54, 1.807) is 0 Å². The van der Waals surface area contributed by atoms with Gasteiger partial charge < -0.3 is 10.1 Å². The molecule has 4 nitrogen and oxygen atoms in total. The van der Waals surface area contributed by atoms with Crippen molar-refractivity contribution in [2.75, 3.05) is 11.9 Å². The van der Waals surface area contributed by atoms with E-state index in [0.29, 0.717) is 12.3 Å². The number of anilines is 1. The first-order valence-corrected chi connectivity index (χ1v) is 5.70. The van der Waals surface area contributed by atoms with Crippen LogP contribution in [0.3, 0.4) is 0 Å². The normalized spacial score (nSPS) is 24.4. The molecular formula is C12H15FN2O2. The van der Waals surface area contributed by atoms with Crippen LogP contribution in [0.25, 0.3) is 0 Å². The highest BCUT2D eigenvalue weighted by Crippen LogP contribution is 2.22. The number of aromatic nitrogens is 1. The van der Waals surface area contributed by atoms with Gasteiger partial charge in [-0.2, -0.15) is 0 Å². The highest BCUT2D eigenvalue weighted by molar-refractivity contribution is 5.92. The Morgan fingerprint density at radius 2 is 2.41 bits per heavy atom. The Labute approximate surface area is 99.2 Å². The van der Waals surface area contributed by atoms with Crippen molar-refractivity contribution in [2.24, 2.45) is 5.92 Å². The molecule has 0 radical (unpaired) electrons. The first kappa shape index (κ1) is 12.0. The fraction of sp³-hybridized carbons (Fsp3) is 0.500. The van der Waals surface area contributed by atoms with E-state index in [9.17, 15) is 9.18 Å². The van der Waals surface area contributed by atoms with Gasteiger partial charge in [-0.3, -0.25) is 9.78 Å². The maximum atomic E-state index is 12.9. The SMILES string of the molecule is C[C@H]1OCCC[C@@H]1C(=O)Nc1cncc(F)c1. The van der Waals surface area contributed by atoms with Gasteiger partial charge in [0.2, 0.25) is 5.91 Å². The van der Waals surface area contributed by atoms with Crippen molar-refractivity contribution >= 4 is 11.6 Å². The van der Waals surface area contributed by atoms with E-state index >= 15 is 0 Å². The fourth-order valence-corrected chi connectivity index (χ4v) is 1.98. The number of ether oxygens (including phenoxy) is 1. The number of rotatable bonds is 2. The van der Waals surface area contributed by atoms with Crippen LogP contribution >= 0.6 is 0 Å². The molecule has 0 aliphatic carbocycles. The van der Waals surface area contributed by atoms with Gasteiger partial charge in [-0.25, -0.2) is 4.39 Å². The molecular weight excluding hydrogens is 223 g/mol. The van der Waals surface area contributed by atoms with Gasteiger partial charge in [-0.1, -0.05) is 0 Å². The van der Waals surface area contributed by atoms with Crippen LogP contribution in [0.4, 0.5) is 10.1 Å². The van der Waals surface area contributed by atoms with Crippen LogP contribution in [0.15, 0.2) is 18.5 Å². The molecule has 5 heteroatoms. The maximum absolute atomic E-state index is 12.9. The molecule has 1 N–H and O–H groups in total. The summed E-state index contributed by atoms with van der Waals surface area (Å²) in [6.45, 7) is 2.58. The van der Waals surface area contributed by atoms with Crippen molar-refractivity contribution < 1.29 is 13.9 Å². The lowest BCUT2D eigenvalue weighted by Gasteiger charge is -2.27. The van der Waals surface area contributed by atoms with Crippen molar-refractivity contribution in [1.82, 2.24) is 4.98 Å². The molecule has 0 spiro atoms. The number of hydrogen-bond acceptors (Lipinski definition) is 3. The third-order valence-corrected chi connectivity index (χ3v) is 2.92. The number of nitrogens with one attached hydrogen (secondary N) is 1. The highest BCUT2D eigenvalue weighted by atomic mass is 19.1. The van der Waals surface area contributed by atoms with Gasteiger partial charge in [0.05, 0.1) is 30.1 Å². The minimum absolute atomic E-state index is 0.0923. The smallest absolute Gasteiger partial charge is 0.230 e. The van der Waals surface area contributed by atoms with Gasteiger partial charge >= 0.3 is 0 Å². The quantitative estimate of drug-likeness (QED) is 0.857. The Morgan fingerprint density at radius 3 is 3.12 bits per heavy atom. The van der Waals surface area contributed by atoms with Gasteiger partial charge in [0.15, 0.2) is 0 Å². The van der Waals surface area contributed by atoms with Gasteiger partial charge in [0.1, 0.15) is 5.82 Å². The fourth-order valence-electron chi connectivity index (χ4n) is 1.98. The molecule has 1 saturated heterocycles. The second kappa shape index (κ2) is 5.23. The standard InChI is InChI=1S/C12H15FN2O2/c1-8-11(3-2-4-17-8)12(16)15-10-5-9(13)6-14-7-10/h5-8,11H,2-4H2,1H3,(H,15,16)/t8-,11+/m1/s1.